The molecular weight excluding hydrogens is 229 g/mol. The van der Waals surface area contributed by atoms with E-state index in [-0.39, 0.29) is 11.0 Å². The first-order valence-corrected chi connectivity index (χ1v) is 5.29. The van der Waals surface area contributed by atoms with Crippen molar-refractivity contribution in [1.29, 1.82) is 0 Å². The van der Waals surface area contributed by atoms with E-state index in [0.717, 1.165) is 5.56 Å². The van der Waals surface area contributed by atoms with Crippen LogP contribution < -0.4 is 0 Å². The average Bonchev–Trinajstić information content (AvgIpc) is 2.96. The Morgan fingerprint density at radius 1 is 0.941 bits per heavy atom. The summed E-state index contributed by atoms with van der Waals surface area (Å²) >= 11 is 0. The average molecular weight is 242 g/mol. The van der Waals surface area contributed by atoms with Gasteiger partial charge in [-0.3, -0.25) is 0 Å². The molecule has 0 N–H and O–H groups in total. The van der Waals surface area contributed by atoms with Crippen LogP contribution in [-0.4, -0.2) is 6.18 Å². The summed E-state index contributed by atoms with van der Waals surface area (Å²) in [5.74, 6) is 0. The molecule has 1 aliphatic heterocycles. The smallest absolute Gasteiger partial charge is 0.166 e. The Kier molecular flexibility index (Phi) is 2.35. The Labute approximate surface area is 97.6 Å². The summed E-state index contributed by atoms with van der Waals surface area (Å²) in [4.78, 5) is 0. The summed E-state index contributed by atoms with van der Waals surface area (Å²) in [6.07, 6.45) is -4.45. The summed E-state index contributed by atoms with van der Waals surface area (Å²) in [6, 6.07) is 6.31. The lowest BCUT2D eigenvalue weighted by molar-refractivity contribution is -0.166. The van der Waals surface area contributed by atoms with Gasteiger partial charge in [0.1, 0.15) is 0 Å². The lowest BCUT2D eigenvalue weighted by Crippen LogP contribution is -2.30. The van der Waals surface area contributed by atoms with E-state index < -0.39 is 11.8 Å². The van der Waals surface area contributed by atoms with Gasteiger partial charge in [-0.25, -0.2) is 0 Å². The zero-order chi connectivity index (χ0) is 12.9. The van der Waals surface area contributed by atoms with E-state index >= 15 is 0 Å². The van der Waals surface area contributed by atoms with Crippen LogP contribution in [0.15, 0.2) is 34.5 Å². The Hall–Kier alpha value is -1.39. The van der Waals surface area contributed by atoms with Gasteiger partial charge in [0.05, 0.1) is 0 Å². The molecule has 2 rings (SSSR count). The number of nitrogens with zero attached hydrogens (tertiary/aromatic N) is 2. The van der Waals surface area contributed by atoms with Crippen molar-refractivity contribution in [2.45, 2.75) is 38.0 Å². The second-order valence-electron chi connectivity index (χ2n) is 5.20. The predicted molar refractivity (Wildman–Crippen MR) is 57.7 cm³/mol. The van der Waals surface area contributed by atoms with Crippen LogP contribution in [0.2, 0.25) is 0 Å². The molecule has 0 aromatic heterocycles. The lowest BCUT2D eigenvalue weighted by Gasteiger charge is -2.20. The number of benzene rings is 1. The standard InChI is InChI=1S/C12H13F3N2/c1-10(2,3)8-4-6-9(7-5-8)11(16-17-11)12(13,14)15/h4-7H,1-3H3. The van der Waals surface area contributed by atoms with Crippen molar-refractivity contribution >= 4 is 0 Å². The highest BCUT2D eigenvalue weighted by atomic mass is 19.4. The predicted octanol–water partition coefficient (Wildman–Crippen LogP) is 4.17. The Bertz CT molecular complexity index is 446. The molecule has 0 unspecified atom stereocenters. The number of hydrogen-bond acceptors (Lipinski definition) is 2. The molecule has 0 saturated carbocycles. The highest BCUT2D eigenvalue weighted by Crippen LogP contribution is 2.52. The van der Waals surface area contributed by atoms with Crippen LogP contribution in [0.3, 0.4) is 0 Å². The van der Waals surface area contributed by atoms with Crippen LogP contribution >= 0.6 is 0 Å². The molecule has 0 atom stereocenters. The minimum atomic E-state index is -4.45. The molecule has 0 amide bonds. The molecule has 92 valence electrons. The largest absolute Gasteiger partial charge is 0.442 e. The van der Waals surface area contributed by atoms with Crippen molar-refractivity contribution in [2.75, 3.05) is 0 Å². The number of hydrogen-bond donors (Lipinski definition) is 0. The topological polar surface area (TPSA) is 24.7 Å². The second kappa shape index (κ2) is 3.31. The first-order valence-electron chi connectivity index (χ1n) is 5.29. The second-order valence-corrected chi connectivity index (χ2v) is 5.20. The van der Waals surface area contributed by atoms with Gasteiger partial charge in [0.15, 0.2) is 0 Å². The summed E-state index contributed by atoms with van der Waals surface area (Å²) < 4.78 is 38.2. The Balaban J connectivity index is 2.32. The van der Waals surface area contributed by atoms with Gasteiger partial charge in [-0.1, -0.05) is 45.0 Å². The zero-order valence-electron chi connectivity index (χ0n) is 9.84. The van der Waals surface area contributed by atoms with E-state index in [1.807, 2.05) is 20.8 Å². The van der Waals surface area contributed by atoms with Gasteiger partial charge in [-0.15, -0.1) is 10.2 Å². The van der Waals surface area contributed by atoms with Gasteiger partial charge in [0.25, 0.3) is 0 Å². The van der Waals surface area contributed by atoms with E-state index in [1.54, 1.807) is 12.1 Å². The maximum Gasteiger partial charge on any atom is 0.442 e. The first-order chi connectivity index (χ1) is 7.67. The molecule has 1 aromatic rings. The van der Waals surface area contributed by atoms with E-state index in [2.05, 4.69) is 10.2 Å². The quantitative estimate of drug-likeness (QED) is 0.706. The molecule has 1 aliphatic rings. The SMILES string of the molecule is CC(C)(C)c1ccc(C2(C(F)(F)F)N=N2)cc1. The van der Waals surface area contributed by atoms with Crippen LogP contribution in [0, 0.1) is 0 Å². The molecule has 5 heteroatoms. The van der Waals surface area contributed by atoms with Crippen LogP contribution in [0.1, 0.15) is 31.9 Å². The van der Waals surface area contributed by atoms with E-state index in [1.165, 1.54) is 12.1 Å². The molecule has 1 heterocycles. The monoisotopic (exact) mass is 242 g/mol. The molecule has 0 fully saturated rings. The van der Waals surface area contributed by atoms with Gasteiger partial charge in [-0.2, -0.15) is 13.2 Å². The molecule has 1 aromatic carbocycles. The fourth-order valence-corrected chi connectivity index (χ4v) is 1.65. The molecule has 2 nitrogen and oxygen atoms in total. The fraction of sp³-hybridized carbons (Fsp3) is 0.500. The number of rotatable bonds is 1. The summed E-state index contributed by atoms with van der Waals surface area (Å²) in [5.41, 5.74) is -1.32. The van der Waals surface area contributed by atoms with Gasteiger partial charge in [-0.05, 0) is 11.0 Å². The van der Waals surface area contributed by atoms with Gasteiger partial charge < -0.3 is 0 Å². The van der Waals surface area contributed by atoms with E-state index in [9.17, 15) is 13.2 Å². The summed E-state index contributed by atoms with van der Waals surface area (Å²) in [5, 5.41) is 6.33. The molecule has 0 spiro atoms. The van der Waals surface area contributed by atoms with Gasteiger partial charge >= 0.3 is 11.8 Å². The minimum absolute atomic E-state index is 0.0815. The van der Waals surface area contributed by atoms with Gasteiger partial charge in [0.2, 0.25) is 0 Å². The van der Waals surface area contributed by atoms with Crippen molar-refractivity contribution in [2.24, 2.45) is 10.2 Å². The lowest BCUT2D eigenvalue weighted by atomic mass is 9.86. The molecule has 0 saturated heterocycles. The van der Waals surface area contributed by atoms with E-state index in [4.69, 9.17) is 0 Å². The highest BCUT2D eigenvalue weighted by Gasteiger charge is 2.65. The fourth-order valence-electron chi connectivity index (χ4n) is 1.65. The number of halogens is 3. The molecule has 0 aliphatic carbocycles. The van der Waals surface area contributed by atoms with Crippen molar-refractivity contribution in [3.05, 3.63) is 35.4 Å². The van der Waals surface area contributed by atoms with Crippen LogP contribution in [0.5, 0.6) is 0 Å². The van der Waals surface area contributed by atoms with Crippen molar-refractivity contribution < 1.29 is 13.2 Å². The first kappa shape index (κ1) is 12.1. The minimum Gasteiger partial charge on any atom is -0.166 e. The highest BCUT2D eigenvalue weighted by molar-refractivity contribution is 5.34. The zero-order valence-corrected chi connectivity index (χ0v) is 9.84. The summed E-state index contributed by atoms with van der Waals surface area (Å²) in [7, 11) is 0. The third-order valence-electron chi connectivity index (χ3n) is 2.85. The third-order valence-corrected chi connectivity index (χ3v) is 2.85. The normalized spacial score (nSPS) is 18.2. The van der Waals surface area contributed by atoms with Crippen LogP contribution in [0.4, 0.5) is 13.2 Å². The van der Waals surface area contributed by atoms with Crippen molar-refractivity contribution in [1.82, 2.24) is 0 Å². The molecule has 17 heavy (non-hydrogen) atoms. The molecular formula is C12H13F3N2. The number of alkyl halides is 3. The molecule has 0 bridgehead atoms. The van der Waals surface area contributed by atoms with Crippen LogP contribution in [-0.2, 0) is 11.1 Å². The summed E-state index contributed by atoms with van der Waals surface area (Å²) in [6.45, 7) is 6.02. The third kappa shape index (κ3) is 1.94. The maximum atomic E-state index is 12.7. The van der Waals surface area contributed by atoms with Crippen molar-refractivity contribution in [3.63, 3.8) is 0 Å². The van der Waals surface area contributed by atoms with Crippen molar-refractivity contribution in [3.8, 4) is 0 Å². The van der Waals surface area contributed by atoms with Gasteiger partial charge in [0, 0.05) is 5.56 Å². The Morgan fingerprint density at radius 2 is 1.41 bits per heavy atom. The molecule has 0 radical (unpaired) electrons. The van der Waals surface area contributed by atoms with Crippen LogP contribution in [0.25, 0.3) is 0 Å². The Morgan fingerprint density at radius 3 is 1.71 bits per heavy atom. The maximum absolute atomic E-state index is 12.7. The van der Waals surface area contributed by atoms with E-state index in [0.29, 0.717) is 0 Å².